The number of carbonyl (C=O) groups excluding carboxylic acids is 2. The number of likely N-dealkylation sites (tertiary alicyclic amines) is 2. The molecule has 0 aliphatic carbocycles. The minimum atomic E-state index is -1.02. The largest absolute Gasteiger partial charge is 0.491 e. The number of halogens is 2. The minimum Gasteiger partial charge on any atom is -0.491 e. The maximum atomic E-state index is 14.6. The lowest BCUT2D eigenvalue weighted by atomic mass is 9.84. The van der Waals surface area contributed by atoms with E-state index in [1.165, 1.54) is 4.90 Å². The van der Waals surface area contributed by atoms with E-state index >= 15 is 0 Å². The van der Waals surface area contributed by atoms with Crippen molar-refractivity contribution in [2.24, 2.45) is 0 Å². The Labute approximate surface area is 151 Å². The first-order valence-electron chi connectivity index (χ1n) is 8.98. The summed E-state index contributed by atoms with van der Waals surface area (Å²) in [5, 5.41) is 0. The molecule has 2 heterocycles. The molecule has 0 bridgehead atoms. The topological polar surface area (TPSA) is 49.9 Å². The number of hydrogen-bond donors (Lipinski definition) is 0. The van der Waals surface area contributed by atoms with E-state index in [4.69, 9.17) is 4.74 Å². The lowest BCUT2D eigenvalue weighted by molar-refractivity contribution is -0.147. The molecule has 1 unspecified atom stereocenters. The van der Waals surface area contributed by atoms with Gasteiger partial charge in [-0.2, -0.15) is 0 Å². The molecule has 2 aliphatic heterocycles. The molecule has 0 aromatic heterocycles. The summed E-state index contributed by atoms with van der Waals surface area (Å²) < 4.78 is 33.0. The number of carbonyl (C=O) groups is 2. The van der Waals surface area contributed by atoms with E-state index in [2.05, 4.69) is 0 Å². The highest BCUT2D eigenvalue weighted by molar-refractivity contribution is 6.00. The molecule has 2 amide bonds. The molecule has 7 heteroatoms. The predicted octanol–water partition coefficient (Wildman–Crippen LogP) is 2.98. The van der Waals surface area contributed by atoms with E-state index in [1.54, 1.807) is 4.90 Å². The van der Waals surface area contributed by atoms with Crippen LogP contribution in [0.1, 0.15) is 49.9 Å². The summed E-state index contributed by atoms with van der Waals surface area (Å²) in [5.41, 5.74) is -1.19. The van der Waals surface area contributed by atoms with E-state index in [-0.39, 0.29) is 17.5 Å². The van der Waals surface area contributed by atoms with E-state index in [0.29, 0.717) is 32.4 Å². The summed E-state index contributed by atoms with van der Waals surface area (Å²) in [4.78, 5) is 29.5. The average molecular weight is 366 g/mol. The van der Waals surface area contributed by atoms with Crippen molar-refractivity contribution in [2.75, 3.05) is 20.2 Å². The molecule has 26 heavy (non-hydrogen) atoms. The van der Waals surface area contributed by atoms with Gasteiger partial charge in [-0.3, -0.25) is 9.59 Å². The van der Waals surface area contributed by atoms with Crippen LogP contribution in [0.5, 0.6) is 5.75 Å². The highest BCUT2D eigenvalue weighted by atomic mass is 19.1. The third kappa shape index (κ3) is 2.73. The van der Waals surface area contributed by atoms with Crippen LogP contribution in [0.25, 0.3) is 0 Å². The smallest absolute Gasteiger partial charge is 0.257 e. The monoisotopic (exact) mass is 366 g/mol. The van der Waals surface area contributed by atoms with Crippen molar-refractivity contribution in [3.8, 4) is 5.75 Å². The van der Waals surface area contributed by atoms with Crippen LogP contribution in [-0.4, -0.2) is 53.4 Å². The van der Waals surface area contributed by atoms with Crippen molar-refractivity contribution in [3.63, 3.8) is 0 Å². The number of piperidine rings is 1. The lowest BCUT2D eigenvalue weighted by Gasteiger charge is -2.46. The summed E-state index contributed by atoms with van der Waals surface area (Å²) in [6, 6.07) is 2.18. The SMILES string of the molecule is COc1c(F)ccc(C(=O)N2CCCC23CCCN(C(C)C)C3=O)c1F. The van der Waals surface area contributed by atoms with Gasteiger partial charge in [0.15, 0.2) is 17.4 Å². The second-order valence-corrected chi connectivity index (χ2v) is 7.23. The van der Waals surface area contributed by atoms with Crippen LogP contribution in [0, 0.1) is 11.6 Å². The Hall–Kier alpha value is -2.18. The highest BCUT2D eigenvalue weighted by Crippen LogP contribution is 2.40. The van der Waals surface area contributed by atoms with Crippen LogP contribution in [0.15, 0.2) is 12.1 Å². The molecule has 2 aliphatic rings. The zero-order valence-corrected chi connectivity index (χ0v) is 15.3. The fraction of sp³-hybridized carbons (Fsp3) is 0.579. The van der Waals surface area contributed by atoms with Gasteiger partial charge >= 0.3 is 0 Å². The van der Waals surface area contributed by atoms with E-state index in [1.807, 2.05) is 13.8 Å². The van der Waals surface area contributed by atoms with Gasteiger partial charge in [-0.1, -0.05) is 0 Å². The Kier molecular flexibility index (Phi) is 4.90. The third-order valence-electron chi connectivity index (χ3n) is 5.49. The molecule has 1 spiro atoms. The summed E-state index contributed by atoms with van der Waals surface area (Å²) in [5.74, 6) is -3.12. The fourth-order valence-corrected chi connectivity index (χ4v) is 4.20. The summed E-state index contributed by atoms with van der Waals surface area (Å²) in [7, 11) is 1.15. The Morgan fingerprint density at radius 3 is 2.46 bits per heavy atom. The summed E-state index contributed by atoms with van der Waals surface area (Å²) in [6.07, 6.45) is 2.62. The van der Waals surface area contributed by atoms with E-state index < -0.39 is 28.8 Å². The number of nitrogens with zero attached hydrogens (tertiary/aromatic N) is 2. The molecule has 142 valence electrons. The van der Waals surface area contributed by atoms with Gasteiger partial charge in [0.05, 0.1) is 12.7 Å². The standard InChI is InChI=1S/C19H24F2N2O3/c1-12(2)22-10-4-8-19(18(22)25)9-5-11-23(19)17(24)13-6-7-14(20)16(26-3)15(13)21/h6-7,12H,4-5,8-11H2,1-3H3. The van der Waals surface area contributed by atoms with Gasteiger partial charge < -0.3 is 14.5 Å². The second-order valence-electron chi connectivity index (χ2n) is 7.23. The second kappa shape index (κ2) is 6.85. The van der Waals surface area contributed by atoms with Gasteiger partial charge in [0, 0.05) is 19.1 Å². The first kappa shape index (κ1) is 18.6. The van der Waals surface area contributed by atoms with Gasteiger partial charge in [0.1, 0.15) is 5.54 Å². The van der Waals surface area contributed by atoms with E-state index in [0.717, 1.165) is 25.7 Å². The first-order valence-corrected chi connectivity index (χ1v) is 8.98. The zero-order chi connectivity index (χ0) is 19.1. The van der Waals surface area contributed by atoms with Crippen molar-refractivity contribution in [1.29, 1.82) is 0 Å². The Morgan fingerprint density at radius 2 is 1.85 bits per heavy atom. The quantitative estimate of drug-likeness (QED) is 0.826. The molecule has 0 radical (unpaired) electrons. The van der Waals surface area contributed by atoms with Crippen molar-refractivity contribution < 1.29 is 23.1 Å². The minimum absolute atomic E-state index is 0.0416. The first-order chi connectivity index (χ1) is 12.3. The van der Waals surface area contributed by atoms with Crippen LogP contribution in [0.2, 0.25) is 0 Å². The molecular weight excluding hydrogens is 342 g/mol. The van der Waals surface area contributed by atoms with Crippen molar-refractivity contribution >= 4 is 11.8 Å². The molecule has 5 nitrogen and oxygen atoms in total. The normalized spacial score (nSPS) is 23.2. The molecular formula is C19H24F2N2O3. The van der Waals surface area contributed by atoms with Gasteiger partial charge in [0.2, 0.25) is 5.91 Å². The average Bonchev–Trinajstić information content (AvgIpc) is 3.01. The van der Waals surface area contributed by atoms with Crippen molar-refractivity contribution in [3.05, 3.63) is 29.3 Å². The highest BCUT2D eigenvalue weighted by Gasteiger charge is 2.53. The third-order valence-corrected chi connectivity index (χ3v) is 5.49. The van der Waals surface area contributed by atoms with Crippen LogP contribution in [0.4, 0.5) is 8.78 Å². The van der Waals surface area contributed by atoms with Gasteiger partial charge in [-0.25, -0.2) is 8.78 Å². The Balaban J connectivity index is 1.98. The molecule has 1 aromatic rings. The lowest BCUT2D eigenvalue weighted by Crippen LogP contribution is -2.62. The van der Waals surface area contributed by atoms with E-state index in [9.17, 15) is 18.4 Å². The Bertz CT molecular complexity index is 738. The number of benzene rings is 1. The van der Waals surface area contributed by atoms with Crippen molar-refractivity contribution in [1.82, 2.24) is 9.80 Å². The molecule has 3 rings (SSSR count). The maximum absolute atomic E-state index is 14.6. The number of hydrogen-bond acceptors (Lipinski definition) is 3. The van der Waals surface area contributed by atoms with Crippen molar-refractivity contribution in [2.45, 2.75) is 51.1 Å². The molecule has 1 aromatic carbocycles. The van der Waals surface area contributed by atoms with Gasteiger partial charge in [-0.05, 0) is 51.7 Å². The number of rotatable bonds is 3. The van der Waals surface area contributed by atoms with Crippen LogP contribution < -0.4 is 4.74 Å². The van der Waals surface area contributed by atoms with Crippen LogP contribution in [-0.2, 0) is 4.79 Å². The van der Waals surface area contributed by atoms with Crippen LogP contribution >= 0.6 is 0 Å². The molecule has 1 atom stereocenters. The maximum Gasteiger partial charge on any atom is 0.257 e. The molecule has 2 saturated heterocycles. The van der Waals surface area contributed by atoms with Crippen LogP contribution in [0.3, 0.4) is 0 Å². The molecule has 0 saturated carbocycles. The van der Waals surface area contributed by atoms with Gasteiger partial charge in [0.25, 0.3) is 5.91 Å². The summed E-state index contributed by atoms with van der Waals surface area (Å²) >= 11 is 0. The zero-order valence-electron chi connectivity index (χ0n) is 15.3. The molecule has 0 N–H and O–H groups in total. The number of methoxy groups -OCH3 is 1. The van der Waals surface area contributed by atoms with Gasteiger partial charge in [-0.15, -0.1) is 0 Å². The number of amides is 2. The predicted molar refractivity (Wildman–Crippen MR) is 92.0 cm³/mol. The fourth-order valence-electron chi connectivity index (χ4n) is 4.20. The number of ether oxygens (including phenoxy) is 1. The summed E-state index contributed by atoms with van der Waals surface area (Å²) in [6.45, 7) is 4.94. The Morgan fingerprint density at radius 1 is 1.19 bits per heavy atom. The molecule has 2 fully saturated rings.